The lowest BCUT2D eigenvalue weighted by Gasteiger charge is -2.48. The van der Waals surface area contributed by atoms with Gasteiger partial charge in [0.2, 0.25) is 5.91 Å². The molecule has 12 N–H and O–H groups in total. The molecule has 1 amide bonds. The first-order valence-corrected chi connectivity index (χ1v) is 20.8. The van der Waals surface area contributed by atoms with E-state index in [-0.39, 0.29) is 18.9 Å². The molecular formula is C38H71NO18. The number of amides is 1. The van der Waals surface area contributed by atoms with E-state index in [1.807, 2.05) is 0 Å². The van der Waals surface area contributed by atoms with Crippen LogP contribution in [-0.2, 0) is 33.2 Å². The van der Waals surface area contributed by atoms with E-state index in [1.54, 1.807) is 0 Å². The van der Waals surface area contributed by atoms with Crippen LogP contribution in [0.5, 0.6) is 0 Å². The minimum Gasteiger partial charge on any atom is -0.394 e. The molecule has 0 spiro atoms. The quantitative estimate of drug-likeness (QED) is 0.0412. The molecule has 19 nitrogen and oxygen atoms in total. The first-order valence-electron chi connectivity index (χ1n) is 20.8. The number of nitrogens with one attached hydrogen (secondary N) is 1. The SMILES string of the molecule is CCCCCCCCCCC(=O)NC(COC1OC(CO)C(OC2OC(CO)C(OC3OC(CO)C(O)C(O)C3O)C(O)C2O)C(O)C1O)C(O)CCCCCC. The van der Waals surface area contributed by atoms with Gasteiger partial charge >= 0.3 is 0 Å². The average molecular weight is 830 g/mol. The Morgan fingerprint density at radius 1 is 0.561 bits per heavy atom. The monoisotopic (exact) mass is 829 g/mol. The summed E-state index contributed by atoms with van der Waals surface area (Å²) in [6.07, 6.45) is -13.6. The molecule has 0 radical (unpaired) electrons. The van der Waals surface area contributed by atoms with Crippen molar-refractivity contribution in [2.75, 3.05) is 26.4 Å². The average Bonchev–Trinajstić information content (AvgIpc) is 3.20. The topological polar surface area (TPSA) is 307 Å². The molecule has 57 heavy (non-hydrogen) atoms. The summed E-state index contributed by atoms with van der Waals surface area (Å²) >= 11 is 0. The molecule has 17 atom stereocenters. The molecule has 0 saturated carbocycles. The van der Waals surface area contributed by atoms with Crippen LogP contribution in [0.2, 0.25) is 0 Å². The Hall–Kier alpha value is -1.21. The van der Waals surface area contributed by atoms with Crippen LogP contribution in [0.25, 0.3) is 0 Å². The molecule has 3 aliphatic heterocycles. The van der Waals surface area contributed by atoms with Crippen molar-refractivity contribution < 1.29 is 89.4 Å². The van der Waals surface area contributed by atoms with Crippen LogP contribution in [0.4, 0.5) is 0 Å². The molecule has 3 heterocycles. The van der Waals surface area contributed by atoms with Crippen molar-refractivity contribution in [3.05, 3.63) is 0 Å². The maximum absolute atomic E-state index is 12.9. The summed E-state index contributed by atoms with van der Waals surface area (Å²) in [6.45, 7) is 1.54. The smallest absolute Gasteiger partial charge is 0.220 e. The van der Waals surface area contributed by atoms with Gasteiger partial charge in [-0.25, -0.2) is 0 Å². The highest BCUT2D eigenvalue weighted by molar-refractivity contribution is 5.76. The Kier molecular flexibility index (Phi) is 23.0. The molecule has 0 aliphatic carbocycles. The van der Waals surface area contributed by atoms with E-state index < -0.39 is 124 Å². The van der Waals surface area contributed by atoms with E-state index in [4.69, 9.17) is 28.4 Å². The number of aliphatic hydroxyl groups is 11. The van der Waals surface area contributed by atoms with Crippen molar-refractivity contribution in [1.29, 1.82) is 0 Å². The molecule has 0 aromatic rings. The fourth-order valence-corrected chi connectivity index (χ4v) is 7.31. The molecular weight excluding hydrogens is 758 g/mol. The highest BCUT2D eigenvalue weighted by Crippen LogP contribution is 2.33. The third kappa shape index (κ3) is 14.7. The Balaban J connectivity index is 1.60. The first kappa shape index (κ1) is 50.1. The number of rotatable bonds is 26. The minimum atomic E-state index is -1.96. The largest absolute Gasteiger partial charge is 0.394 e. The molecule has 3 rings (SSSR count). The fraction of sp³-hybridized carbons (Fsp3) is 0.974. The minimum absolute atomic E-state index is 0.260. The van der Waals surface area contributed by atoms with Gasteiger partial charge in [-0.3, -0.25) is 4.79 Å². The van der Waals surface area contributed by atoms with E-state index in [2.05, 4.69) is 19.2 Å². The van der Waals surface area contributed by atoms with Gasteiger partial charge in [0.1, 0.15) is 73.2 Å². The van der Waals surface area contributed by atoms with Crippen molar-refractivity contribution in [2.45, 2.75) is 208 Å². The van der Waals surface area contributed by atoms with Crippen molar-refractivity contribution >= 4 is 5.91 Å². The Morgan fingerprint density at radius 3 is 1.53 bits per heavy atom. The summed E-state index contributed by atoms with van der Waals surface area (Å²) in [5.74, 6) is -0.260. The molecule has 3 saturated heterocycles. The summed E-state index contributed by atoms with van der Waals surface area (Å²) in [5.41, 5.74) is 0. The van der Waals surface area contributed by atoms with Crippen LogP contribution >= 0.6 is 0 Å². The molecule has 17 unspecified atom stereocenters. The number of aliphatic hydroxyl groups excluding tert-OH is 11. The van der Waals surface area contributed by atoms with Crippen LogP contribution in [0.15, 0.2) is 0 Å². The van der Waals surface area contributed by atoms with E-state index in [0.717, 1.165) is 38.5 Å². The number of carbonyl (C=O) groups is 1. The van der Waals surface area contributed by atoms with Gasteiger partial charge < -0.3 is 89.9 Å². The maximum atomic E-state index is 12.9. The lowest BCUT2D eigenvalue weighted by molar-refractivity contribution is -0.379. The van der Waals surface area contributed by atoms with Crippen molar-refractivity contribution in [2.24, 2.45) is 0 Å². The second-order valence-electron chi connectivity index (χ2n) is 15.5. The molecule has 3 fully saturated rings. The second-order valence-corrected chi connectivity index (χ2v) is 15.5. The summed E-state index contributed by atoms with van der Waals surface area (Å²) in [6, 6.07) is -0.872. The summed E-state index contributed by atoms with van der Waals surface area (Å²) in [7, 11) is 0. The molecule has 19 heteroatoms. The number of ether oxygens (including phenoxy) is 6. The van der Waals surface area contributed by atoms with Crippen LogP contribution in [0.1, 0.15) is 104 Å². The van der Waals surface area contributed by atoms with Gasteiger partial charge in [-0.2, -0.15) is 0 Å². The molecule has 3 aliphatic rings. The standard InChI is InChI=1S/C38H71NO18/c1-3-5-7-9-10-11-12-14-16-26(44)39-21(22(43)15-13-8-6-4-2)20-52-36-32(50)29(47)34(24(18-41)54-36)57-38-33(51)30(48)35(25(19-42)55-38)56-37-31(49)28(46)27(45)23(17-40)53-37/h21-25,27-38,40-43,45-51H,3-20H2,1-2H3,(H,39,44). The van der Waals surface area contributed by atoms with Gasteiger partial charge in [0.15, 0.2) is 18.9 Å². The lowest BCUT2D eigenvalue weighted by atomic mass is 9.96. The lowest BCUT2D eigenvalue weighted by Crippen LogP contribution is -2.66. The van der Waals surface area contributed by atoms with Crippen LogP contribution < -0.4 is 5.32 Å². The summed E-state index contributed by atoms with van der Waals surface area (Å²) in [5, 5.41) is 118. The molecule has 0 aromatic heterocycles. The Morgan fingerprint density at radius 2 is 1.00 bits per heavy atom. The van der Waals surface area contributed by atoms with Crippen LogP contribution in [0, 0.1) is 0 Å². The van der Waals surface area contributed by atoms with E-state index in [0.29, 0.717) is 19.3 Å². The van der Waals surface area contributed by atoms with Gasteiger partial charge in [-0.05, 0) is 12.8 Å². The summed E-state index contributed by atoms with van der Waals surface area (Å²) in [4.78, 5) is 12.9. The van der Waals surface area contributed by atoms with Gasteiger partial charge in [-0.1, -0.05) is 84.5 Å². The number of carbonyl (C=O) groups excluding carboxylic acids is 1. The third-order valence-corrected chi connectivity index (χ3v) is 10.9. The molecule has 336 valence electrons. The number of hydrogen-bond donors (Lipinski definition) is 12. The fourth-order valence-electron chi connectivity index (χ4n) is 7.31. The van der Waals surface area contributed by atoms with Crippen LogP contribution in [0.3, 0.4) is 0 Å². The predicted octanol–water partition coefficient (Wildman–Crippen LogP) is -2.20. The van der Waals surface area contributed by atoms with Gasteiger partial charge in [0.25, 0.3) is 0 Å². The first-order chi connectivity index (χ1) is 27.3. The van der Waals surface area contributed by atoms with E-state index >= 15 is 0 Å². The number of unbranched alkanes of at least 4 members (excludes halogenated alkanes) is 10. The zero-order chi connectivity index (χ0) is 42.1. The van der Waals surface area contributed by atoms with Gasteiger partial charge in [-0.15, -0.1) is 0 Å². The van der Waals surface area contributed by atoms with Crippen molar-refractivity contribution in [1.82, 2.24) is 5.32 Å². The zero-order valence-corrected chi connectivity index (χ0v) is 33.3. The van der Waals surface area contributed by atoms with E-state index in [1.165, 1.54) is 25.7 Å². The molecule has 0 aromatic carbocycles. The normalized spacial score (nSPS) is 37.2. The Bertz CT molecular complexity index is 1090. The predicted molar refractivity (Wildman–Crippen MR) is 199 cm³/mol. The van der Waals surface area contributed by atoms with Gasteiger partial charge in [0.05, 0.1) is 38.6 Å². The van der Waals surface area contributed by atoms with Crippen LogP contribution in [-0.4, -0.2) is 193 Å². The highest BCUT2D eigenvalue weighted by atomic mass is 16.8. The second kappa shape index (κ2) is 26.2. The highest BCUT2D eigenvalue weighted by Gasteiger charge is 2.53. The maximum Gasteiger partial charge on any atom is 0.220 e. The van der Waals surface area contributed by atoms with Gasteiger partial charge in [0, 0.05) is 6.42 Å². The zero-order valence-electron chi connectivity index (χ0n) is 33.3. The Labute approximate surface area is 334 Å². The number of hydrogen-bond acceptors (Lipinski definition) is 18. The third-order valence-electron chi connectivity index (χ3n) is 10.9. The van der Waals surface area contributed by atoms with Crippen molar-refractivity contribution in [3.8, 4) is 0 Å². The van der Waals surface area contributed by atoms with E-state index in [9.17, 15) is 61.0 Å². The molecule has 0 bridgehead atoms. The van der Waals surface area contributed by atoms with Crippen molar-refractivity contribution in [3.63, 3.8) is 0 Å². The summed E-state index contributed by atoms with van der Waals surface area (Å²) < 4.78 is 33.8.